The predicted molar refractivity (Wildman–Crippen MR) is 109 cm³/mol. The van der Waals surface area contributed by atoms with Gasteiger partial charge in [0.15, 0.2) is 6.10 Å². The van der Waals surface area contributed by atoms with Crippen LogP contribution in [0.4, 0.5) is 11.8 Å². The number of ether oxygens (including phenoxy) is 1. The number of rotatable bonds is 3. The molecule has 0 radical (unpaired) electrons. The van der Waals surface area contributed by atoms with Crippen LogP contribution in [0, 0.1) is 6.92 Å². The second kappa shape index (κ2) is 7.66. The van der Waals surface area contributed by atoms with E-state index in [1.54, 1.807) is 0 Å². The smallest absolute Gasteiger partial charge is 0.263 e. The zero-order valence-electron chi connectivity index (χ0n) is 16.8. The number of para-hydroxylation sites is 1. The minimum Gasteiger partial charge on any atom is -0.480 e. The van der Waals surface area contributed by atoms with E-state index in [9.17, 15) is 4.79 Å². The maximum absolute atomic E-state index is 12.9. The third-order valence-electron chi connectivity index (χ3n) is 5.35. The zero-order valence-corrected chi connectivity index (χ0v) is 16.8. The average molecular weight is 381 g/mol. The number of hydrogen-bond donors (Lipinski definition) is 0. The van der Waals surface area contributed by atoms with Crippen molar-refractivity contribution in [3.8, 4) is 5.75 Å². The highest BCUT2D eigenvalue weighted by Crippen LogP contribution is 2.28. The number of nitrogens with zero attached hydrogens (tertiary/aromatic N) is 5. The Morgan fingerprint density at radius 2 is 1.89 bits per heavy atom. The van der Waals surface area contributed by atoms with Gasteiger partial charge in [0, 0.05) is 52.0 Å². The fraction of sp³-hybridized carbons (Fsp3) is 0.476. The van der Waals surface area contributed by atoms with Crippen molar-refractivity contribution in [2.24, 2.45) is 0 Å². The molecule has 2 aliphatic heterocycles. The number of hydrogen-bond acceptors (Lipinski definition) is 6. The molecule has 1 aromatic heterocycles. The van der Waals surface area contributed by atoms with Crippen LogP contribution in [-0.2, 0) is 11.2 Å². The highest BCUT2D eigenvalue weighted by atomic mass is 16.5. The van der Waals surface area contributed by atoms with Crippen LogP contribution in [0.1, 0.15) is 17.7 Å². The van der Waals surface area contributed by atoms with Crippen molar-refractivity contribution in [2.45, 2.75) is 25.9 Å². The quantitative estimate of drug-likeness (QED) is 0.809. The molecule has 7 heteroatoms. The molecule has 1 saturated heterocycles. The molecule has 3 heterocycles. The van der Waals surface area contributed by atoms with Crippen LogP contribution in [0.3, 0.4) is 0 Å². The minimum atomic E-state index is -0.378. The van der Waals surface area contributed by atoms with Gasteiger partial charge in [0.1, 0.15) is 11.6 Å². The Kier molecular flexibility index (Phi) is 5.07. The molecule has 7 nitrogen and oxygen atoms in total. The Morgan fingerprint density at radius 1 is 1.14 bits per heavy atom. The molecule has 0 spiro atoms. The summed E-state index contributed by atoms with van der Waals surface area (Å²) >= 11 is 0. The number of carbonyl (C=O) groups is 1. The summed E-state index contributed by atoms with van der Waals surface area (Å²) in [6, 6.07) is 9.96. The Balaban J connectivity index is 1.39. The molecule has 0 N–H and O–H groups in total. The van der Waals surface area contributed by atoms with Crippen molar-refractivity contribution in [3.63, 3.8) is 0 Å². The van der Waals surface area contributed by atoms with E-state index in [0.29, 0.717) is 13.1 Å². The van der Waals surface area contributed by atoms with Crippen molar-refractivity contribution in [1.29, 1.82) is 0 Å². The number of benzene rings is 1. The van der Waals surface area contributed by atoms with Crippen LogP contribution in [0.25, 0.3) is 0 Å². The van der Waals surface area contributed by atoms with Crippen molar-refractivity contribution >= 4 is 17.7 Å². The van der Waals surface area contributed by atoms with Crippen molar-refractivity contribution in [2.75, 3.05) is 50.1 Å². The fourth-order valence-electron chi connectivity index (χ4n) is 3.74. The number of carbonyl (C=O) groups excluding carboxylic acids is 1. The van der Waals surface area contributed by atoms with Crippen molar-refractivity contribution < 1.29 is 9.53 Å². The largest absolute Gasteiger partial charge is 0.480 e. The Morgan fingerprint density at radius 3 is 2.64 bits per heavy atom. The van der Waals surface area contributed by atoms with Crippen LogP contribution in [-0.4, -0.2) is 67.2 Å². The highest BCUT2D eigenvalue weighted by molar-refractivity contribution is 5.82. The predicted octanol–water partition coefficient (Wildman–Crippen LogP) is 1.89. The summed E-state index contributed by atoms with van der Waals surface area (Å²) in [5, 5.41) is 0. The maximum Gasteiger partial charge on any atom is 0.263 e. The lowest BCUT2D eigenvalue weighted by Crippen LogP contribution is -2.53. The number of aryl methyl sites for hydroxylation is 2. The van der Waals surface area contributed by atoms with Gasteiger partial charge in [-0.3, -0.25) is 4.79 Å². The van der Waals surface area contributed by atoms with Crippen molar-refractivity contribution in [3.05, 3.63) is 41.6 Å². The van der Waals surface area contributed by atoms with Gasteiger partial charge in [-0.15, -0.1) is 0 Å². The molecular formula is C21H27N5O2. The van der Waals surface area contributed by atoms with Gasteiger partial charge in [-0.25, -0.2) is 4.98 Å². The molecule has 28 heavy (non-hydrogen) atoms. The molecule has 4 rings (SSSR count). The first-order valence-corrected chi connectivity index (χ1v) is 9.82. The SMILES string of the molecule is Cc1cc(N(C)C)nc(N2CCN(C(=O)C3CCc4ccccc4O3)CC2)n1. The number of fused-ring (bicyclic) bond motifs is 1. The van der Waals surface area contributed by atoms with E-state index in [2.05, 4.69) is 20.9 Å². The van der Waals surface area contributed by atoms with E-state index < -0.39 is 0 Å². The van der Waals surface area contributed by atoms with E-state index in [1.807, 2.05) is 55.1 Å². The minimum absolute atomic E-state index is 0.0910. The molecule has 1 amide bonds. The first-order chi connectivity index (χ1) is 13.5. The van der Waals surface area contributed by atoms with Gasteiger partial charge < -0.3 is 19.4 Å². The standard InChI is InChI=1S/C21H27N5O2/c1-15-14-19(24(2)3)23-21(22-15)26-12-10-25(11-13-26)20(27)18-9-8-16-6-4-5-7-17(16)28-18/h4-7,14,18H,8-13H2,1-3H3. The topological polar surface area (TPSA) is 61.8 Å². The summed E-state index contributed by atoms with van der Waals surface area (Å²) in [5.41, 5.74) is 2.13. The monoisotopic (exact) mass is 381 g/mol. The summed E-state index contributed by atoms with van der Waals surface area (Å²) in [6.07, 6.45) is 1.25. The van der Waals surface area contributed by atoms with Gasteiger partial charge in [0.25, 0.3) is 5.91 Å². The molecule has 1 aromatic carbocycles. The Bertz CT molecular complexity index is 862. The zero-order chi connectivity index (χ0) is 19.7. The molecule has 0 bridgehead atoms. The normalized spacial score (nSPS) is 19.0. The van der Waals surface area contributed by atoms with Gasteiger partial charge in [-0.2, -0.15) is 4.98 Å². The molecule has 1 atom stereocenters. The third-order valence-corrected chi connectivity index (χ3v) is 5.35. The van der Waals surface area contributed by atoms with Gasteiger partial charge in [0.05, 0.1) is 0 Å². The Hall–Kier alpha value is -2.83. The lowest BCUT2D eigenvalue weighted by molar-refractivity contribution is -0.139. The number of anilines is 2. The molecule has 148 valence electrons. The first-order valence-electron chi connectivity index (χ1n) is 9.82. The second-order valence-electron chi connectivity index (χ2n) is 7.63. The van der Waals surface area contributed by atoms with Crippen LogP contribution < -0.4 is 14.5 Å². The molecule has 1 unspecified atom stereocenters. The lowest BCUT2D eigenvalue weighted by Gasteiger charge is -2.37. The number of aromatic nitrogens is 2. The molecule has 2 aliphatic rings. The summed E-state index contributed by atoms with van der Waals surface area (Å²) < 4.78 is 5.98. The first kappa shape index (κ1) is 18.5. The molecule has 1 fully saturated rings. The van der Waals surface area contributed by atoms with Crippen LogP contribution >= 0.6 is 0 Å². The molecular weight excluding hydrogens is 354 g/mol. The van der Waals surface area contributed by atoms with E-state index >= 15 is 0 Å². The fourth-order valence-corrected chi connectivity index (χ4v) is 3.74. The van der Waals surface area contributed by atoms with Crippen LogP contribution in [0.5, 0.6) is 5.75 Å². The van der Waals surface area contributed by atoms with Crippen LogP contribution in [0.2, 0.25) is 0 Å². The lowest BCUT2D eigenvalue weighted by atomic mass is 10.0. The molecule has 0 saturated carbocycles. The van der Waals surface area contributed by atoms with E-state index in [4.69, 9.17) is 4.74 Å². The van der Waals surface area contributed by atoms with Gasteiger partial charge >= 0.3 is 0 Å². The second-order valence-corrected chi connectivity index (χ2v) is 7.63. The van der Waals surface area contributed by atoms with Crippen LogP contribution in [0.15, 0.2) is 30.3 Å². The summed E-state index contributed by atoms with van der Waals surface area (Å²) in [7, 11) is 3.95. The Labute approximate surface area is 165 Å². The summed E-state index contributed by atoms with van der Waals surface area (Å²) in [5.74, 6) is 2.57. The third kappa shape index (κ3) is 3.74. The molecule has 0 aliphatic carbocycles. The summed E-state index contributed by atoms with van der Waals surface area (Å²) in [6.45, 7) is 4.76. The van der Waals surface area contributed by atoms with Gasteiger partial charge in [0.2, 0.25) is 5.95 Å². The van der Waals surface area contributed by atoms with Gasteiger partial charge in [-0.05, 0) is 31.4 Å². The molecule has 2 aromatic rings. The number of amides is 1. The van der Waals surface area contributed by atoms with E-state index in [0.717, 1.165) is 49.1 Å². The number of piperazine rings is 1. The van der Waals surface area contributed by atoms with Crippen molar-refractivity contribution in [1.82, 2.24) is 14.9 Å². The average Bonchev–Trinajstić information content (AvgIpc) is 2.72. The highest BCUT2D eigenvalue weighted by Gasteiger charge is 2.32. The van der Waals surface area contributed by atoms with Gasteiger partial charge in [-0.1, -0.05) is 18.2 Å². The maximum atomic E-state index is 12.9. The summed E-state index contributed by atoms with van der Waals surface area (Å²) in [4.78, 5) is 28.2. The van der Waals surface area contributed by atoms with E-state index in [1.165, 1.54) is 5.56 Å². The van der Waals surface area contributed by atoms with E-state index in [-0.39, 0.29) is 12.0 Å².